The quantitative estimate of drug-likeness (QED) is 0.650. The summed E-state index contributed by atoms with van der Waals surface area (Å²) in [7, 11) is 0. The zero-order valence-electron chi connectivity index (χ0n) is 9.40. The first-order valence-electron chi connectivity index (χ1n) is 5.30. The van der Waals surface area contributed by atoms with Crippen molar-refractivity contribution in [2.24, 2.45) is 0 Å². The molecule has 0 aromatic heterocycles. The van der Waals surface area contributed by atoms with Gasteiger partial charge in [-0.25, -0.2) is 4.39 Å². The van der Waals surface area contributed by atoms with Gasteiger partial charge in [-0.3, -0.25) is 10.1 Å². The molecule has 1 N–H and O–H groups in total. The van der Waals surface area contributed by atoms with Crippen molar-refractivity contribution in [1.82, 2.24) is 0 Å². The number of hydrogen-bond acceptors (Lipinski definition) is 4. The molecule has 0 aliphatic carbocycles. The van der Waals surface area contributed by atoms with Gasteiger partial charge in [0.15, 0.2) is 0 Å². The Bertz CT molecular complexity index is 444. The number of nitro benzene ring substituents is 1. The van der Waals surface area contributed by atoms with E-state index in [1.807, 2.05) is 6.92 Å². The largest absolute Gasteiger partial charge is 0.379 e. The van der Waals surface area contributed by atoms with Crippen LogP contribution in [0.25, 0.3) is 0 Å². The number of ether oxygens (including phenoxy) is 1. The van der Waals surface area contributed by atoms with Crippen molar-refractivity contribution in [1.29, 1.82) is 0 Å². The molecule has 1 aromatic carbocycles. The van der Waals surface area contributed by atoms with E-state index in [4.69, 9.17) is 4.74 Å². The average molecular weight is 240 g/mol. The molecule has 0 radical (unpaired) electrons. The highest BCUT2D eigenvalue weighted by Gasteiger charge is 2.31. The molecule has 17 heavy (non-hydrogen) atoms. The van der Waals surface area contributed by atoms with Crippen LogP contribution in [0, 0.1) is 15.9 Å². The third kappa shape index (κ3) is 2.52. The van der Waals surface area contributed by atoms with E-state index in [0.29, 0.717) is 13.2 Å². The Morgan fingerprint density at radius 3 is 2.94 bits per heavy atom. The molecule has 1 aliphatic heterocycles. The van der Waals surface area contributed by atoms with E-state index in [-0.39, 0.29) is 16.9 Å². The fourth-order valence-corrected chi connectivity index (χ4v) is 1.86. The number of hydrogen-bond donors (Lipinski definition) is 1. The third-order valence-electron chi connectivity index (χ3n) is 2.81. The van der Waals surface area contributed by atoms with E-state index in [0.717, 1.165) is 24.6 Å². The van der Waals surface area contributed by atoms with Crippen LogP contribution in [0.4, 0.5) is 15.8 Å². The number of anilines is 1. The predicted octanol–water partition coefficient (Wildman–Crippen LogP) is 2.32. The molecule has 6 heteroatoms. The molecular formula is C11H13FN2O3. The van der Waals surface area contributed by atoms with Crippen molar-refractivity contribution < 1.29 is 14.1 Å². The van der Waals surface area contributed by atoms with Crippen LogP contribution in [0.1, 0.15) is 13.3 Å². The van der Waals surface area contributed by atoms with Gasteiger partial charge in [0.1, 0.15) is 11.5 Å². The first-order valence-corrected chi connectivity index (χ1v) is 5.30. The molecule has 1 aliphatic rings. The van der Waals surface area contributed by atoms with Crippen LogP contribution in [0.2, 0.25) is 0 Å². The molecule has 1 atom stereocenters. The van der Waals surface area contributed by atoms with Gasteiger partial charge in [0.2, 0.25) is 0 Å². The normalized spacial score (nSPS) is 23.6. The monoisotopic (exact) mass is 240 g/mol. The van der Waals surface area contributed by atoms with Crippen LogP contribution in [0.3, 0.4) is 0 Å². The standard InChI is InChI=1S/C11H13FN2O3/c1-11(4-5-17-7-11)13-9-6-8(12)2-3-10(9)14(15)16/h2-3,6,13H,4-5,7H2,1H3. The van der Waals surface area contributed by atoms with Gasteiger partial charge in [-0.1, -0.05) is 0 Å². The summed E-state index contributed by atoms with van der Waals surface area (Å²) in [6.45, 7) is 2.96. The Hall–Kier alpha value is -1.69. The minimum Gasteiger partial charge on any atom is -0.379 e. The summed E-state index contributed by atoms with van der Waals surface area (Å²) >= 11 is 0. The van der Waals surface area contributed by atoms with Crippen LogP contribution < -0.4 is 5.32 Å². The highest BCUT2D eigenvalue weighted by Crippen LogP contribution is 2.30. The molecule has 0 bridgehead atoms. The van der Waals surface area contributed by atoms with Crippen molar-refractivity contribution in [3.05, 3.63) is 34.1 Å². The number of halogens is 1. The Balaban J connectivity index is 2.30. The van der Waals surface area contributed by atoms with Gasteiger partial charge < -0.3 is 10.1 Å². The third-order valence-corrected chi connectivity index (χ3v) is 2.81. The zero-order valence-corrected chi connectivity index (χ0v) is 9.40. The van der Waals surface area contributed by atoms with Crippen molar-refractivity contribution >= 4 is 11.4 Å². The molecule has 1 heterocycles. The molecule has 92 valence electrons. The lowest BCUT2D eigenvalue weighted by atomic mass is 10.0. The molecule has 1 aromatic rings. The SMILES string of the molecule is CC1(Nc2cc(F)ccc2[N+](=O)[O-])CCOC1. The first kappa shape index (κ1) is 11.8. The van der Waals surface area contributed by atoms with Crippen LogP contribution in [0.5, 0.6) is 0 Å². The summed E-state index contributed by atoms with van der Waals surface area (Å²) in [5, 5.41) is 13.8. The van der Waals surface area contributed by atoms with E-state index in [9.17, 15) is 14.5 Å². The summed E-state index contributed by atoms with van der Waals surface area (Å²) in [6.07, 6.45) is 0.737. The van der Waals surface area contributed by atoms with Gasteiger partial charge in [0.25, 0.3) is 5.69 Å². The van der Waals surface area contributed by atoms with E-state index in [1.54, 1.807) is 0 Å². The van der Waals surface area contributed by atoms with Crippen LogP contribution >= 0.6 is 0 Å². The van der Waals surface area contributed by atoms with Crippen molar-refractivity contribution in [2.75, 3.05) is 18.5 Å². The van der Waals surface area contributed by atoms with Gasteiger partial charge in [0.05, 0.1) is 17.1 Å². The molecule has 0 spiro atoms. The lowest BCUT2D eigenvalue weighted by molar-refractivity contribution is -0.384. The molecule has 2 rings (SSSR count). The van der Waals surface area contributed by atoms with Crippen molar-refractivity contribution in [3.8, 4) is 0 Å². The van der Waals surface area contributed by atoms with E-state index >= 15 is 0 Å². The summed E-state index contributed by atoms with van der Waals surface area (Å²) in [5.41, 5.74) is -0.305. The number of nitrogens with zero attached hydrogens (tertiary/aromatic N) is 1. The Kier molecular flexibility index (Phi) is 2.97. The first-order chi connectivity index (χ1) is 8.00. The van der Waals surface area contributed by atoms with Crippen LogP contribution in [0.15, 0.2) is 18.2 Å². The zero-order chi connectivity index (χ0) is 12.5. The van der Waals surface area contributed by atoms with E-state index in [1.165, 1.54) is 0 Å². The maximum Gasteiger partial charge on any atom is 0.292 e. The lowest BCUT2D eigenvalue weighted by Gasteiger charge is -2.24. The van der Waals surface area contributed by atoms with Crippen molar-refractivity contribution in [2.45, 2.75) is 18.9 Å². The van der Waals surface area contributed by atoms with Gasteiger partial charge in [0, 0.05) is 18.7 Å². The number of benzene rings is 1. The Morgan fingerprint density at radius 2 is 2.35 bits per heavy atom. The maximum absolute atomic E-state index is 13.1. The summed E-state index contributed by atoms with van der Waals surface area (Å²) in [5.74, 6) is -0.499. The van der Waals surface area contributed by atoms with Crippen molar-refractivity contribution in [3.63, 3.8) is 0 Å². The van der Waals surface area contributed by atoms with Gasteiger partial charge in [-0.15, -0.1) is 0 Å². The topological polar surface area (TPSA) is 64.4 Å². The predicted molar refractivity (Wildman–Crippen MR) is 60.5 cm³/mol. The number of rotatable bonds is 3. The minimum absolute atomic E-state index is 0.125. The highest BCUT2D eigenvalue weighted by atomic mass is 19.1. The second kappa shape index (κ2) is 4.29. The number of nitrogens with one attached hydrogen (secondary N) is 1. The summed E-state index contributed by atoms with van der Waals surface area (Å²) in [4.78, 5) is 10.3. The van der Waals surface area contributed by atoms with Crippen LogP contribution in [-0.2, 0) is 4.74 Å². The molecule has 5 nitrogen and oxygen atoms in total. The van der Waals surface area contributed by atoms with Gasteiger partial charge in [-0.2, -0.15) is 0 Å². The molecule has 0 amide bonds. The summed E-state index contributed by atoms with van der Waals surface area (Å²) < 4.78 is 18.4. The maximum atomic E-state index is 13.1. The second-order valence-corrected chi connectivity index (χ2v) is 4.41. The fourth-order valence-electron chi connectivity index (χ4n) is 1.86. The van der Waals surface area contributed by atoms with Crippen LogP contribution in [-0.4, -0.2) is 23.7 Å². The minimum atomic E-state index is -0.527. The highest BCUT2D eigenvalue weighted by molar-refractivity contribution is 5.62. The van der Waals surface area contributed by atoms with Gasteiger partial charge >= 0.3 is 0 Å². The Morgan fingerprint density at radius 1 is 1.59 bits per heavy atom. The molecule has 1 saturated heterocycles. The molecule has 0 saturated carbocycles. The molecule has 1 fully saturated rings. The fraction of sp³-hybridized carbons (Fsp3) is 0.455. The second-order valence-electron chi connectivity index (χ2n) is 4.41. The molecular weight excluding hydrogens is 227 g/mol. The van der Waals surface area contributed by atoms with Gasteiger partial charge in [-0.05, 0) is 19.4 Å². The Labute approximate surface area is 97.7 Å². The number of nitro groups is 1. The van der Waals surface area contributed by atoms with E-state index < -0.39 is 10.7 Å². The average Bonchev–Trinajstić information content (AvgIpc) is 2.64. The summed E-state index contributed by atoms with van der Waals surface area (Å²) in [6, 6.07) is 3.38. The lowest BCUT2D eigenvalue weighted by Crippen LogP contribution is -2.35. The van der Waals surface area contributed by atoms with E-state index in [2.05, 4.69) is 5.32 Å². The smallest absolute Gasteiger partial charge is 0.292 e. The molecule has 1 unspecified atom stereocenters.